The molecule has 8 heteroatoms. The number of hydrogen-bond acceptors (Lipinski definition) is 5. The van der Waals surface area contributed by atoms with Crippen LogP contribution < -0.4 is 5.32 Å². The van der Waals surface area contributed by atoms with Crippen LogP contribution >= 0.6 is 23.4 Å². The number of nitrogens with one attached hydrogen (secondary N) is 1. The van der Waals surface area contributed by atoms with Gasteiger partial charge in [0.2, 0.25) is 5.91 Å². The summed E-state index contributed by atoms with van der Waals surface area (Å²) in [6.45, 7) is 2.65. The van der Waals surface area contributed by atoms with E-state index in [1.54, 1.807) is 24.3 Å². The Hall–Kier alpha value is -2.64. The van der Waals surface area contributed by atoms with Crippen molar-refractivity contribution in [2.24, 2.45) is 0 Å². The number of ketones is 1. The van der Waals surface area contributed by atoms with Gasteiger partial charge in [-0.05, 0) is 19.1 Å². The molecule has 3 aromatic rings. The van der Waals surface area contributed by atoms with Crippen LogP contribution in [0.5, 0.6) is 0 Å². The number of hydrogen-bond donors (Lipinski definition) is 1. The normalized spacial score (nSPS) is 10.7. The minimum Gasteiger partial charge on any atom is -0.325 e. The van der Waals surface area contributed by atoms with Crippen molar-refractivity contribution in [3.8, 4) is 0 Å². The van der Waals surface area contributed by atoms with Crippen LogP contribution in [0.2, 0.25) is 5.02 Å². The van der Waals surface area contributed by atoms with Gasteiger partial charge in [-0.2, -0.15) is 0 Å². The van der Waals surface area contributed by atoms with Crippen LogP contribution in [0.25, 0.3) is 0 Å². The van der Waals surface area contributed by atoms with Crippen molar-refractivity contribution >= 4 is 40.7 Å². The molecule has 0 fully saturated rings. The molecule has 29 heavy (non-hydrogen) atoms. The average molecular weight is 429 g/mol. The molecule has 0 aliphatic rings. The summed E-state index contributed by atoms with van der Waals surface area (Å²) in [6.07, 6.45) is 0.710. The fourth-order valence-corrected chi connectivity index (χ4v) is 3.87. The lowest BCUT2D eigenvalue weighted by Gasteiger charge is -2.08. The van der Waals surface area contributed by atoms with Crippen LogP contribution in [0.1, 0.15) is 29.5 Å². The van der Waals surface area contributed by atoms with Gasteiger partial charge in [-0.25, -0.2) is 0 Å². The smallest absolute Gasteiger partial charge is 0.224 e. The molecule has 0 saturated heterocycles. The van der Waals surface area contributed by atoms with Gasteiger partial charge in [-0.1, -0.05) is 65.8 Å². The lowest BCUT2D eigenvalue weighted by Crippen LogP contribution is -2.14. The van der Waals surface area contributed by atoms with Gasteiger partial charge >= 0.3 is 0 Å². The number of anilines is 1. The van der Waals surface area contributed by atoms with Gasteiger partial charge < -0.3 is 9.88 Å². The van der Waals surface area contributed by atoms with Crippen molar-refractivity contribution in [3.63, 3.8) is 0 Å². The van der Waals surface area contributed by atoms with E-state index in [0.717, 1.165) is 5.82 Å². The topological polar surface area (TPSA) is 76.9 Å². The Labute approximate surface area is 178 Å². The van der Waals surface area contributed by atoms with Crippen molar-refractivity contribution in [2.45, 2.75) is 31.5 Å². The Morgan fingerprint density at radius 2 is 1.79 bits per heavy atom. The summed E-state index contributed by atoms with van der Waals surface area (Å²) >= 11 is 7.43. The number of Topliss-reactive ketones (excluding diaryl/α,β-unsaturated/α-hetero) is 1. The highest BCUT2D eigenvalue weighted by molar-refractivity contribution is 7.99. The lowest BCUT2D eigenvalue weighted by atomic mass is 10.2. The molecular formula is C21H21ClN4O2S. The minimum atomic E-state index is -0.141. The highest BCUT2D eigenvalue weighted by atomic mass is 35.5. The number of aromatic nitrogens is 3. The third-order valence-electron chi connectivity index (χ3n) is 4.26. The average Bonchev–Trinajstić information content (AvgIpc) is 3.14. The third-order valence-corrected chi connectivity index (χ3v) is 5.56. The first-order valence-electron chi connectivity index (χ1n) is 9.26. The van der Waals surface area contributed by atoms with E-state index < -0.39 is 0 Å². The van der Waals surface area contributed by atoms with Gasteiger partial charge in [0.05, 0.1) is 16.5 Å². The first-order chi connectivity index (χ1) is 14.1. The number of thioether (sulfide) groups is 1. The fourth-order valence-electron chi connectivity index (χ4n) is 2.77. The molecule has 0 bridgehead atoms. The quantitative estimate of drug-likeness (QED) is 0.401. The summed E-state index contributed by atoms with van der Waals surface area (Å²) in [5.41, 5.74) is 1.27. The summed E-state index contributed by atoms with van der Waals surface area (Å²) in [4.78, 5) is 24.5. The third kappa shape index (κ3) is 5.68. The Balaban J connectivity index is 1.57. The summed E-state index contributed by atoms with van der Waals surface area (Å²) in [5, 5.41) is 12.4. The SMILES string of the molecule is CCn1c(CCC(=O)Nc2ccccc2Cl)nnc1SCC(=O)c1ccccc1. The molecule has 0 aliphatic carbocycles. The van der Waals surface area contributed by atoms with Crippen molar-refractivity contribution in [1.29, 1.82) is 0 Å². The zero-order valence-electron chi connectivity index (χ0n) is 16.0. The van der Waals surface area contributed by atoms with E-state index in [4.69, 9.17) is 11.6 Å². The molecule has 0 saturated carbocycles. The van der Waals surface area contributed by atoms with Gasteiger partial charge in [0.15, 0.2) is 10.9 Å². The predicted molar refractivity (Wildman–Crippen MR) is 116 cm³/mol. The van der Waals surface area contributed by atoms with Gasteiger partial charge in [-0.3, -0.25) is 9.59 Å². The lowest BCUT2D eigenvalue weighted by molar-refractivity contribution is -0.116. The van der Waals surface area contributed by atoms with Gasteiger partial charge in [0.1, 0.15) is 5.82 Å². The second kappa shape index (κ2) is 10.2. The predicted octanol–water partition coefficient (Wildman–Crippen LogP) is 4.50. The van der Waals surface area contributed by atoms with Crippen LogP contribution in [0.15, 0.2) is 59.8 Å². The number of nitrogens with zero attached hydrogens (tertiary/aromatic N) is 3. The van der Waals surface area contributed by atoms with Crippen LogP contribution in [0.3, 0.4) is 0 Å². The number of halogens is 1. The molecule has 0 unspecified atom stereocenters. The van der Waals surface area contributed by atoms with E-state index in [1.165, 1.54) is 11.8 Å². The summed E-state index contributed by atoms with van der Waals surface area (Å²) in [5.74, 6) is 0.908. The number of benzene rings is 2. The van der Waals surface area contributed by atoms with Gasteiger partial charge in [-0.15, -0.1) is 10.2 Å². The molecule has 0 aliphatic heterocycles. The molecule has 1 heterocycles. The maximum atomic E-state index is 12.3. The molecule has 0 spiro atoms. The molecule has 3 rings (SSSR count). The summed E-state index contributed by atoms with van der Waals surface area (Å²) in [7, 11) is 0. The number of aryl methyl sites for hydroxylation is 1. The first kappa shape index (κ1) is 21.1. The Kier molecular flexibility index (Phi) is 7.43. The first-order valence-corrected chi connectivity index (χ1v) is 10.6. The van der Waals surface area contributed by atoms with E-state index in [-0.39, 0.29) is 23.9 Å². The van der Waals surface area contributed by atoms with Crippen molar-refractivity contribution < 1.29 is 9.59 Å². The van der Waals surface area contributed by atoms with Crippen molar-refractivity contribution in [2.75, 3.05) is 11.1 Å². The molecule has 1 N–H and O–H groups in total. The van der Waals surface area contributed by atoms with E-state index in [9.17, 15) is 9.59 Å². The van der Waals surface area contributed by atoms with E-state index in [1.807, 2.05) is 41.8 Å². The number of carbonyl (C=O) groups excluding carboxylic acids is 2. The van der Waals surface area contributed by atoms with Crippen molar-refractivity contribution in [1.82, 2.24) is 14.8 Å². The summed E-state index contributed by atoms with van der Waals surface area (Å²) < 4.78 is 1.94. The van der Waals surface area contributed by atoms with Crippen LogP contribution in [-0.2, 0) is 17.8 Å². The van der Waals surface area contributed by atoms with E-state index in [2.05, 4.69) is 15.5 Å². The van der Waals surface area contributed by atoms with E-state index >= 15 is 0 Å². The highest BCUT2D eigenvalue weighted by Gasteiger charge is 2.15. The Morgan fingerprint density at radius 3 is 2.52 bits per heavy atom. The number of para-hydroxylation sites is 1. The van der Waals surface area contributed by atoms with E-state index in [0.29, 0.717) is 34.4 Å². The molecule has 0 radical (unpaired) electrons. The number of amides is 1. The molecular weight excluding hydrogens is 408 g/mol. The second-order valence-corrected chi connectivity index (χ2v) is 7.60. The monoisotopic (exact) mass is 428 g/mol. The molecule has 1 aromatic heterocycles. The summed E-state index contributed by atoms with van der Waals surface area (Å²) in [6, 6.07) is 16.3. The van der Waals surface area contributed by atoms with Crippen LogP contribution in [0.4, 0.5) is 5.69 Å². The van der Waals surface area contributed by atoms with Gasteiger partial charge in [0.25, 0.3) is 0 Å². The molecule has 1 amide bonds. The minimum absolute atomic E-state index is 0.0434. The Bertz CT molecular complexity index is 991. The molecule has 0 atom stereocenters. The molecule has 150 valence electrons. The number of rotatable bonds is 9. The standard InChI is InChI=1S/C21H21ClN4O2S/c1-2-26-19(12-13-20(28)23-17-11-7-6-10-16(17)22)24-25-21(26)29-14-18(27)15-8-4-3-5-9-15/h3-11H,2,12-14H2,1H3,(H,23,28). The molecule has 2 aromatic carbocycles. The zero-order chi connectivity index (χ0) is 20.6. The largest absolute Gasteiger partial charge is 0.325 e. The molecule has 6 nitrogen and oxygen atoms in total. The van der Waals surface area contributed by atoms with Crippen LogP contribution in [0, 0.1) is 0 Å². The highest BCUT2D eigenvalue weighted by Crippen LogP contribution is 2.22. The second-order valence-electron chi connectivity index (χ2n) is 6.25. The Morgan fingerprint density at radius 1 is 1.07 bits per heavy atom. The zero-order valence-corrected chi connectivity index (χ0v) is 17.5. The number of carbonyl (C=O) groups is 2. The maximum absolute atomic E-state index is 12.3. The van der Waals surface area contributed by atoms with Crippen LogP contribution in [-0.4, -0.2) is 32.2 Å². The maximum Gasteiger partial charge on any atom is 0.224 e. The van der Waals surface area contributed by atoms with Gasteiger partial charge in [0, 0.05) is 24.9 Å². The van der Waals surface area contributed by atoms with Crippen molar-refractivity contribution in [3.05, 3.63) is 71.0 Å². The fraction of sp³-hybridized carbons (Fsp3) is 0.238.